The number of hydrogen-bond donors (Lipinski definition) is 2. The van der Waals surface area contributed by atoms with E-state index in [9.17, 15) is 9.90 Å². The van der Waals surface area contributed by atoms with Crippen molar-refractivity contribution in [2.24, 2.45) is 0 Å². The van der Waals surface area contributed by atoms with E-state index in [-0.39, 0.29) is 12.2 Å². The zero-order valence-electron chi connectivity index (χ0n) is 14.7. The molecule has 4 rings (SSSR count). The number of hydrogen-bond acceptors (Lipinski definition) is 5. The third-order valence-electron chi connectivity index (χ3n) is 4.57. The maximum absolute atomic E-state index is 12.7. The lowest BCUT2D eigenvalue weighted by Gasteiger charge is -2.12. The molecule has 27 heavy (non-hydrogen) atoms. The number of aryl methyl sites for hydroxylation is 1. The van der Waals surface area contributed by atoms with E-state index in [2.05, 4.69) is 15.5 Å². The molecule has 0 aliphatic rings. The van der Waals surface area contributed by atoms with Crippen molar-refractivity contribution < 1.29 is 5.11 Å². The minimum atomic E-state index is -0.0988. The van der Waals surface area contributed by atoms with Crippen LogP contribution in [0.3, 0.4) is 0 Å². The van der Waals surface area contributed by atoms with Crippen molar-refractivity contribution in [2.75, 3.05) is 5.32 Å². The number of aliphatic hydroxyl groups is 1. The largest absolute Gasteiger partial charge is 0.392 e. The van der Waals surface area contributed by atoms with Crippen molar-refractivity contribution in [2.45, 2.75) is 26.6 Å². The summed E-state index contributed by atoms with van der Waals surface area (Å²) in [6.45, 7) is 2.67. The standard InChI is InChI=1S/C19H18ClN5O2/c1-2-24-18(27)14-5-3-4-6-16(14)25-17(22-23-19(24)25)10-21-15-9-13(20)8-7-12(15)11-26/h3-9,21,26H,2,10-11H2,1H3. The van der Waals surface area contributed by atoms with Crippen molar-refractivity contribution in [1.29, 1.82) is 0 Å². The molecule has 0 spiro atoms. The van der Waals surface area contributed by atoms with Gasteiger partial charge in [0.1, 0.15) is 0 Å². The van der Waals surface area contributed by atoms with Gasteiger partial charge in [0.05, 0.1) is 24.1 Å². The Hall–Kier alpha value is -2.90. The van der Waals surface area contributed by atoms with Gasteiger partial charge in [-0.15, -0.1) is 10.2 Å². The molecule has 0 bridgehead atoms. The number of benzene rings is 2. The normalized spacial score (nSPS) is 11.4. The summed E-state index contributed by atoms with van der Waals surface area (Å²) in [7, 11) is 0. The molecule has 0 atom stereocenters. The average molecular weight is 384 g/mol. The summed E-state index contributed by atoms with van der Waals surface area (Å²) in [6.07, 6.45) is 0. The molecule has 0 amide bonds. The molecule has 8 heteroatoms. The van der Waals surface area contributed by atoms with Gasteiger partial charge in [0.15, 0.2) is 5.82 Å². The van der Waals surface area contributed by atoms with E-state index in [0.29, 0.717) is 35.1 Å². The van der Waals surface area contributed by atoms with Crippen molar-refractivity contribution in [3.63, 3.8) is 0 Å². The van der Waals surface area contributed by atoms with Crippen LogP contribution in [0.2, 0.25) is 5.02 Å². The number of aromatic nitrogens is 4. The monoisotopic (exact) mass is 383 g/mol. The second-order valence-electron chi connectivity index (χ2n) is 6.13. The van der Waals surface area contributed by atoms with Crippen molar-refractivity contribution in [1.82, 2.24) is 19.2 Å². The maximum atomic E-state index is 12.7. The van der Waals surface area contributed by atoms with Crippen LogP contribution in [0.5, 0.6) is 0 Å². The van der Waals surface area contributed by atoms with Gasteiger partial charge in [0, 0.05) is 22.8 Å². The fourth-order valence-corrected chi connectivity index (χ4v) is 3.41. The second kappa shape index (κ2) is 7.02. The summed E-state index contributed by atoms with van der Waals surface area (Å²) in [6, 6.07) is 12.7. The predicted octanol–water partition coefficient (Wildman–Crippen LogP) is 2.82. The van der Waals surface area contributed by atoms with Gasteiger partial charge in [0.2, 0.25) is 5.78 Å². The van der Waals surface area contributed by atoms with Gasteiger partial charge in [-0.1, -0.05) is 29.8 Å². The minimum absolute atomic E-state index is 0.0788. The Labute approximate surface area is 159 Å². The number of rotatable bonds is 5. The Bertz CT molecular complexity index is 1200. The SMILES string of the molecule is CCn1c(=O)c2ccccc2n2c(CNc3cc(Cl)ccc3CO)nnc12. The topological polar surface area (TPSA) is 84.5 Å². The van der Waals surface area contributed by atoms with Crippen LogP contribution in [0.1, 0.15) is 18.3 Å². The number of halogens is 1. The van der Waals surface area contributed by atoms with Crippen LogP contribution in [0.25, 0.3) is 16.7 Å². The highest BCUT2D eigenvalue weighted by molar-refractivity contribution is 6.30. The molecule has 0 unspecified atom stereocenters. The van der Waals surface area contributed by atoms with Gasteiger partial charge in [0.25, 0.3) is 5.56 Å². The van der Waals surface area contributed by atoms with Crippen LogP contribution in [-0.4, -0.2) is 24.3 Å². The van der Waals surface area contributed by atoms with E-state index in [0.717, 1.165) is 16.8 Å². The van der Waals surface area contributed by atoms with Crippen LogP contribution < -0.4 is 10.9 Å². The molecular formula is C19H18ClN5O2. The molecule has 0 aliphatic heterocycles. The number of aliphatic hydroxyl groups excluding tert-OH is 1. The zero-order chi connectivity index (χ0) is 19.0. The van der Waals surface area contributed by atoms with Crippen LogP contribution in [0.4, 0.5) is 5.69 Å². The van der Waals surface area contributed by atoms with E-state index in [1.54, 1.807) is 28.8 Å². The lowest BCUT2D eigenvalue weighted by Crippen LogP contribution is -2.23. The highest BCUT2D eigenvalue weighted by Gasteiger charge is 2.15. The van der Waals surface area contributed by atoms with Crippen LogP contribution in [0, 0.1) is 0 Å². The third kappa shape index (κ3) is 2.94. The maximum Gasteiger partial charge on any atom is 0.262 e. The fraction of sp³-hybridized carbons (Fsp3) is 0.211. The lowest BCUT2D eigenvalue weighted by atomic mass is 10.2. The summed E-state index contributed by atoms with van der Waals surface area (Å²) in [4.78, 5) is 12.7. The van der Waals surface area contributed by atoms with Crippen LogP contribution >= 0.6 is 11.6 Å². The van der Waals surface area contributed by atoms with Crippen LogP contribution in [-0.2, 0) is 19.7 Å². The molecule has 2 heterocycles. The summed E-state index contributed by atoms with van der Waals surface area (Å²) in [5.41, 5.74) is 2.15. The van der Waals surface area contributed by atoms with Gasteiger partial charge >= 0.3 is 0 Å². The van der Waals surface area contributed by atoms with Crippen molar-refractivity contribution in [3.05, 3.63) is 69.2 Å². The number of fused-ring (bicyclic) bond motifs is 3. The third-order valence-corrected chi connectivity index (χ3v) is 4.81. The second-order valence-corrected chi connectivity index (χ2v) is 6.57. The molecule has 4 aromatic rings. The molecule has 2 N–H and O–H groups in total. The Morgan fingerprint density at radius 2 is 2.00 bits per heavy atom. The Morgan fingerprint density at radius 3 is 2.78 bits per heavy atom. The number of nitrogens with zero attached hydrogens (tertiary/aromatic N) is 4. The van der Waals surface area contributed by atoms with Gasteiger partial charge in [-0.3, -0.25) is 13.8 Å². The molecule has 2 aromatic carbocycles. The van der Waals surface area contributed by atoms with Gasteiger partial charge in [-0.25, -0.2) is 0 Å². The molecule has 0 saturated carbocycles. The highest BCUT2D eigenvalue weighted by Crippen LogP contribution is 2.22. The number of anilines is 1. The van der Waals surface area contributed by atoms with E-state index in [4.69, 9.17) is 11.6 Å². The summed E-state index contributed by atoms with van der Waals surface area (Å²) < 4.78 is 3.49. The Morgan fingerprint density at radius 1 is 1.19 bits per heavy atom. The van der Waals surface area contributed by atoms with E-state index >= 15 is 0 Å². The summed E-state index contributed by atoms with van der Waals surface area (Å²) in [5, 5.41) is 22.5. The summed E-state index contributed by atoms with van der Waals surface area (Å²) in [5.74, 6) is 1.17. The molecule has 0 fully saturated rings. The van der Waals surface area contributed by atoms with Crippen molar-refractivity contribution >= 4 is 34.0 Å². The van der Waals surface area contributed by atoms with Crippen LogP contribution in [0.15, 0.2) is 47.3 Å². The molecule has 0 aliphatic carbocycles. The Kier molecular flexibility index (Phi) is 4.55. The van der Waals surface area contributed by atoms with Crippen molar-refractivity contribution in [3.8, 4) is 0 Å². The first-order chi connectivity index (χ1) is 13.1. The Balaban J connectivity index is 1.83. The summed E-state index contributed by atoms with van der Waals surface area (Å²) >= 11 is 6.07. The van der Waals surface area contributed by atoms with Gasteiger partial charge < -0.3 is 10.4 Å². The average Bonchev–Trinajstić information content (AvgIpc) is 3.11. The van der Waals surface area contributed by atoms with E-state index < -0.39 is 0 Å². The van der Waals surface area contributed by atoms with E-state index in [1.165, 1.54) is 0 Å². The fourth-order valence-electron chi connectivity index (χ4n) is 3.24. The predicted molar refractivity (Wildman–Crippen MR) is 105 cm³/mol. The minimum Gasteiger partial charge on any atom is -0.392 e. The molecule has 2 aromatic heterocycles. The molecule has 7 nitrogen and oxygen atoms in total. The van der Waals surface area contributed by atoms with Gasteiger partial charge in [-0.05, 0) is 31.2 Å². The highest BCUT2D eigenvalue weighted by atomic mass is 35.5. The lowest BCUT2D eigenvalue weighted by molar-refractivity contribution is 0.282. The first-order valence-electron chi connectivity index (χ1n) is 8.62. The zero-order valence-corrected chi connectivity index (χ0v) is 15.4. The molecular weight excluding hydrogens is 366 g/mol. The number of nitrogens with one attached hydrogen (secondary N) is 1. The molecule has 138 valence electrons. The first-order valence-corrected chi connectivity index (χ1v) is 9.00. The molecule has 0 saturated heterocycles. The first kappa shape index (κ1) is 17.5. The smallest absolute Gasteiger partial charge is 0.262 e. The van der Waals surface area contributed by atoms with E-state index in [1.807, 2.05) is 29.5 Å². The molecule has 0 radical (unpaired) electrons. The number of para-hydroxylation sites is 1. The van der Waals surface area contributed by atoms with Gasteiger partial charge in [-0.2, -0.15) is 0 Å². The quantitative estimate of drug-likeness (QED) is 0.553.